The van der Waals surface area contributed by atoms with Crippen LogP contribution in [0, 0.1) is 0 Å². The maximum absolute atomic E-state index is 6.29. The van der Waals surface area contributed by atoms with Gasteiger partial charge in [-0.15, -0.1) is 0 Å². The number of hydrogen-bond acceptors (Lipinski definition) is 2. The van der Waals surface area contributed by atoms with E-state index in [-0.39, 0.29) is 10.8 Å². The summed E-state index contributed by atoms with van der Waals surface area (Å²) < 4.78 is 0. The highest BCUT2D eigenvalue weighted by molar-refractivity contribution is 5.75. The van der Waals surface area contributed by atoms with Crippen LogP contribution in [0.15, 0.2) is 12.1 Å². The Morgan fingerprint density at radius 2 is 1.61 bits per heavy atom. The van der Waals surface area contributed by atoms with Crippen LogP contribution < -0.4 is 10.6 Å². The SMILES string of the molecule is CC1(C)CCN2CCC(C)(C)c3c(N)ccc1c32. The fraction of sp³-hybridized carbons (Fsp3) is 0.625. The van der Waals surface area contributed by atoms with Gasteiger partial charge in [0.2, 0.25) is 0 Å². The Morgan fingerprint density at radius 3 is 2.28 bits per heavy atom. The van der Waals surface area contributed by atoms with Crippen LogP contribution in [0.4, 0.5) is 11.4 Å². The molecule has 2 aliphatic rings. The van der Waals surface area contributed by atoms with Gasteiger partial charge in [0.15, 0.2) is 0 Å². The minimum absolute atomic E-state index is 0.208. The van der Waals surface area contributed by atoms with E-state index in [1.807, 2.05) is 0 Å². The van der Waals surface area contributed by atoms with Gasteiger partial charge < -0.3 is 10.6 Å². The monoisotopic (exact) mass is 244 g/mol. The van der Waals surface area contributed by atoms with E-state index in [2.05, 4.69) is 44.7 Å². The quantitative estimate of drug-likeness (QED) is 0.708. The van der Waals surface area contributed by atoms with Gasteiger partial charge in [0.25, 0.3) is 0 Å². The molecule has 0 saturated heterocycles. The summed E-state index contributed by atoms with van der Waals surface area (Å²) in [7, 11) is 0. The largest absolute Gasteiger partial charge is 0.398 e. The molecule has 1 aromatic rings. The number of nitrogens with two attached hydrogens (primary N) is 1. The van der Waals surface area contributed by atoms with Crippen LogP contribution in [0.3, 0.4) is 0 Å². The molecule has 0 bridgehead atoms. The molecule has 0 radical (unpaired) electrons. The summed E-state index contributed by atoms with van der Waals surface area (Å²) >= 11 is 0. The first-order chi connectivity index (χ1) is 8.33. The molecular weight excluding hydrogens is 220 g/mol. The highest BCUT2D eigenvalue weighted by Crippen LogP contribution is 2.50. The Bertz CT molecular complexity index is 498. The number of rotatable bonds is 0. The maximum atomic E-state index is 6.29. The van der Waals surface area contributed by atoms with Crippen LogP contribution >= 0.6 is 0 Å². The van der Waals surface area contributed by atoms with E-state index < -0.39 is 0 Å². The molecule has 2 heteroatoms. The lowest BCUT2D eigenvalue weighted by molar-refractivity contribution is 0.402. The van der Waals surface area contributed by atoms with E-state index >= 15 is 0 Å². The van der Waals surface area contributed by atoms with E-state index in [9.17, 15) is 0 Å². The molecule has 0 atom stereocenters. The predicted octanol–water partition coefficient (Wildman–Crippen LogP) is 3.44. The minimum atomic E-state index is 0.208. The number of anilines is 2. The second-order valence-electron chi connectivity index (χ2n) is 7.18. The third-order valence-electron chi connectivity index (χ3n) is 4.95. The molecule has 2 nitrogen and oxygen atoms in total. The summed E-state index contributed by atoms with van der Waals surface area (Å²) in [5.41, 5.74) is 12.1. The van der Waals surface area contributed by atoms with Crippen molar-refractivity contribution < 1.29 is 0 Å². The molecule has 3 rings (SSSR count). The van der Waals surface area contributed by atoms with E-state index in [0.717, 1.165) is 5.69 Å². The molecule has 0 saturated carbocycles. The summed E-state index contributed by atoms with van der Waals surface area (Å²) in [6.07, 6.45) is 2.44. The zero-order valence-electron chi connectivity index (χ0n) is 12.0. The Kier molecular flexibility index (Phi) is 2.27. The average Bonchev–Trinajstić information content (AvgIpc) is 2.26. The van der Waals surface area contributed by atoms with Crippen molar-refractivity contribution >= 4 is 11.4 Å². The zero-order chi connectivity index (χ0) is 13.1. The van der Waals surface area contributed by atoms with Crippen molar-refractivity contribution in [2.75, 3.05) is 23.7 Å². The molecule has 0 aliphatic carbocycles. The molecule has 2 aliphatic heterocycles. The second-order valence-corrected chi connectivity index (χ2v) is 7.18. The van der Waals surface area contributed by atoms with Gasteiger partial charge in [-0.3, -0.25) is 0 Å². The van der Waals surface area contributed by atoms with E-state index in [1.54, 1.807) is 0 Å². The minimum Gasteiger partial charge on any atom is -0.398 e. The van der Waals surface area contributed by atoms with Crippen LogP contribution in [0.5, 0.6) is 0 Å². The van der Waals surface area contributed by atoms with Gasteiger partial charge in [0, 0.05) is 30.0 Å². The third kappa shape index (κ3) is 1.47. The first-order valence-corrected chi connectivity index (χ1v) is 7.01. The Hall–Kier alpha value is -1.18. The number of nitrogens with zero attached hydrogens (tertiary/aromatic N) is 1. The standard InChI is InChI=1S/C16H24N2/c1-15(2)7-9-18-10-8-16(3,4)13-12(17)6-5-11(15)14(13)18/h5-6H,7-10,17H2,1-4H3. The predicted molar refractivity (Wildman–Crippen MR) is 78.4 cm³/mol. The van der Waals surface area contributed by atoms with Crippen LogP contribution in [0.1, 0.15) is 51.7 Å². The molecule has 0 aromatic heterocycles. The lowest BCUT2D eigenvalue weighted by Gasteiger charge is -2.48. The smallest absolute Gasteiger partial charge is 0.0463 e. The normalized spacial score (nSPS) is 23.7. The summed E-state index contributed by atoms with van der Waals surface area (Å²) in [5.74, 6) is 0. The lowest BCUT2D eigenvalue weighted by Crippen LogP contribution is -2.45. The van der Waals surface area contributed by atoms with Crippen molar-refractivity contribution in [2.24, 2.45) is 0 Å². The van der Waals surface area contributed by atoms with Crippen LogP contribution in [-0.4, -0.2) is 13.1 Å². The first-order valence-electron chi connectivity index (χ1n) is 7.01. The average molecular weight is 244 g/mol. The van der Waals surface area contributed by atoms with Crippen molar-refractivity contribution in [1.82, 2.24) is 0 Å². The molecule has 2 heterocycles. The highest BCUT2D eigenvalue weighted by Gasteiger charge is 2.40. The maximum Gasteiger partial charge on any atom is 0.0463 e. The van der Waals surface area contributed by atoms with Gasteiger partial charge in [-0.05, 0) is 35.3 Å². The van der Waals surface area contributed by atoms with Crippen molar-refractivity contribution in [1.29, 1.82) is 0 Å². The topological polar surface area (TPSA) is 29.3 Å². The molecule has 0 unspecified atom stereocenters. The highest BCUT2D eigenvalue weighted by atomic mass is 15.2. The van der Waals surface area contributed by atoms with Gasteiger partial charge in [-0.1, -0.05) is 33.8 Å². The number of nitrogen functional groups attached to an aromatic ring is 1. The third-order valence-corrected chi connectivity index (χ3v) is 4.95. The first kappa shape index (κ1) is 11.9. The second kappa shape index (κ2) is 3.43. The molecule has 98 valence electrons. The molecule has 1 aromatic carbocycles. The Morgan fingerprint density at radius 1 is 1.00 bits per heavy atom. The molecule has 0 fully saturated rings. The van der Waals surface area contributed by atoms with Gasteiger partial charge in [0.05, 0.1) is 0 Å². The van der Waals surface area contributed by atoms with Crippen molar-refractivity contribution in [2.45, 2.75) is 51.4 Å². The summed E-state index contributed by atoms with van der Waals surface area (Å²) in [6, 6.07) is 4.37. The molecular formula is C16H24N2. The van der Waals surface area contributed by atoms with Gasteiger partial charge in [-0.25, -0.2) is 0 Å². The van der Waals surface area contributed by atoms with E-state index in [1.165, 1.54) is 42.7 Å². The fourth-order valence-corrected chi connectivity index (χ4v) is 3.62. The van der Waals surface area contributed by atoms with E-state index in [0.29, 0.717) is 0 Å². The fourth-order valence-electron chi connectivity index (χ4n) is 3.62. The molecule has 2 N–H and O–H groups in total. The number of benzene rings is 1. The molecule has 0 spiro atoms. The summed E-state index contributed by atoms with van der Waals surface area (Å²) in [5, 5.41) is 0. The van der Waals surface area contributed by atoms with Gasteiger partial charge in [0.1, 0.15) is 0 Å². The Balaban J connectivity index is 2.32. The molecule has 18 heavy (non-hydrogen) atoms. The van der Waals surface area contributed by atoms with Gasteiger partial charge >= 0.3 is 0 Å². The summed E-state index contributed by atoms with van der Waals surface area (Å²) in [6.45, 7) is 11.7. The van der Waals surface area contributed by atoms with Crippen LogP contribution in [0.25, 0.3) is 0 Å². The number of hydrogen-bond donors (Lipinski definition) is 1. The summed E-state index contributed by atoms with van der Waals surface area (Å²) in [4.78, 5) is 2.55. The lowest BCUT2D eigenvalue weighted by atomic mass is 9.69. The Labute approximate surface area is 110 Å². The van der Waals surface area contributed by atoms with Crippen molar-refractivity contribution in [3.8, 4) is 0 Å². The van der Waals surface area contributed by atoms with Crippen molar-refractivity contribution in [3.63, 3.8) is 0 Å². The van der Waals surface area contributed by atoms with Crippen LogP contribution in [-0.2, 0) is 10.8 Å². The zero-order valence-corrected chi connectivity index (χ0v) is 12.0. The van der Waals surface area contributed by atoms with Crippen LogP contribution in [0.2, 0.25) is 0 Å². The van der Waals surface area contributed by atoms with E-state index in [4.69, 9.17) is 5.73 Å². The van der Waals surface area contributed by atoms with Gasteiger partial charge in [-0.2, -0.15) is 0 Å². The van der Waals surface area contributed by atoms with Crippen molar-refractivity contribution in [3.05, 3.63) is 23.3 Å². The molecule has 0 amide bonds.